The lowest BCUT2D eigenvalue weighted by molar-refractivity contribution is 0.122. The first-order valence-corrected chi connectivity index (χ1v) is 9.95. The molecule has 0 unspecified atom stereocenters. The van der Waals surface area contributed by atoms with E-state index in [1.165, 1.54) is 0 Å². The van der Waals surface area contributed by atoms with Crippen LogP contribution in [0, 0.1) is 12.0 Å². The lowest BCUT2D eigenvalue weighted by atomic mass is 10.1. The Morgan fingerprint density at radius 3 is 3.00 bits per heavy atom. The van der Waals surface area contributed by atoms with Gasteiger partial charge in [-0.25, -0.2) is 0 Å². The molecule has 1 aliphatic heterocycles. The predicted molar refractivity (Wildman–Crippen MR) is 116 cm³/mol. The maximum absolute atomic E-state index is 5.84. The smallest absolute Gasteiger partial charge is 0.321 e. The molecule has 0 saturated carbocycles. The lowest BCUT2D eigenvalue weighted by Crippen LogP contribution is -2.37. The van der Waals surface area contributed by atoms with E-state index in [4.69, 9.17) is 14.5 Å². The minimum absolute atomic E-state index is 0.322. The quantitative estimate of drug-likeness (QED) is 0.370. The highest BCUT2D eigenvalue weighted by Gasteiger charge is 2.18. The Labute approximate surface area is 175 Å². The van der Waals surface area contributed by atoms with Crippen LogP contribution >= 0.6 is 0 Å². The van der Waals surface area contributed by atoms with Crippen molar-refractivity contribution in [3.8, 4) is 29.4 Å². The van der Waals surface area contributed by atoms with Crippen molar-refractivity contribution in [3.05, 3.63) is 42.6 Å². The molecule has 3 aromatic rings. The molecule has 8 nitrogen and oxygen atoms in total. The average Bonchev–Trinajstić information content (AvgIpc) is 3.27. The van der Waals surface area contributed by atoms with Crippen molar-refractivity contribution < 1.29 is 9.47 Å². The molecule has 0 bridgehead atoms. The standard InChI is InChI=1S/C22H24N6O2/c1-23-9-4-2-3-5-13-30-22-26-20(18-7-6-17-8-10-24-19(17)16-18)25-21(27-22)28-11-14-29-15-12-28/h2-3,6-8,10,16,23-24H,5,11-15H2,1H3/b3-2-. The van der Waals surface area contributed by atoms with Gasteiger partial charge in [0, 0.05) is 49.9 Å². The van der Waals surface area contributed by atoms with Crippen LogP contribution in [0.4, 0.5) is 5.95 Å². The summed E-state index contributed by atoms with van der Waals surface area (Å²) in [6, 6.07) is 11.2. The van der Waals surface area contributed by atoms with Crippen LogP contribution in [0.3, 0.4) is 0 Å². The average molecular weight is 404 g/mol. The molecule has 0 aliphatic carbocycles. The molecule has 0 amide bonds. The molecule has 154 valence electrons. The summed E-state index contributed by atoms with van der Waals surface area (Å²) in [5.41, 5.74) is 1.95. The molecule has 0 atom stereocenters. The summed E-state index contributed by atoms with van der Waals surface area (Å²) in [7, 11) is 1.78. The predicted octanol–water partition coefficient (Wildman–Crippen LogP) is 2.36. The van der Waals surface area contributed by atoms with Crippen LogP contribution in [0.25, 0.3) is 22.3 Å². The maximum atomic E-state index is 5.84. The number of H-pyrrole nitrogens is 1. The fourth-order valence-electron chi connectivity index (χ4n) is 3.11. The number of rotatable bonds is 6. The van der Waals surface area contributed by atoms with E-state index in [-0.39, 0.29) is 0 Å². The van der Waals surface area contributed by atoms with Crippen molar-refractivity contribution in [1.29, 1.82) is 0 Å². The van der Waals surface area contributed by atoms with Gasteiger partial charge in [-0.1, -0.05) is 24.1 Å². The number of aromatic nitrogens is 4. The fraction of sp³-hybridized carbons (Fsp3) is 0.318. The van der Waals surface area contributed by atoms with Crippen LogP contribution < -0.4 is 15.0 Å². The highest BCUT2D eigenvalue weighted by Crippen LogP contribution is 2.24. The molecule has 30 heavy (non-hydrogen) atoms. The Balaban J connectivity index is 1.56. The molecule has 8 heteroatoms. The number of morpholine rings is 1. The number of aromatic amines is 1. The molecule has 4 rings (SSSR count). The Hall–Kier alpha value is -3.57. The van der Waals surface area contributed by atoms with Gasteiger partial charge in [0.2, 0.25) is 5.95 Å². The van der Waals surface area contributed by atoms with Gasteiger partial charge in [-0.2, -0.15) is 15.0 Å². The highest BCUT2D eigenvalue weighted by molar-refractivity contribution is 5.83. The molecule has 1 fully saturated rings. The van der Waals surface area contributed by atoms with Crippen molar-refractivity contribution in [1.82, 2.24) is 25.3 Å². The maximum Gasteiger partial charge on any atom is 0.321 e. The van der Waals surface area contributed by atoms with E-state index in [0.29, 0.717) is 44.0 Å². The summed E-state index contributed by atoms with van der Waals surface area (Å²) in [6.45, 7) is 3.25. The minimum Gasteiger partial charge on any atom is -0.463 e. The number of hydrogen-bond acceptors (Lipinski definition) is 7. The normalized spacial score (nSPS) is 14.0. The van der Waals surface area contributed by atoms with Crippen molar-refractivity contribution in [2.45, 2.75) is 6.42 Å². The summed E-state index contributed by atoms with van der Waals surface area (Å²) in [6.07, 6.45) is 6.38. The fourth-order valence-corrected chi connectivity index (χ4v) is 3.11. The molecule has 2 aromatic heterocycles. The number of anilines is 1. The molecule has 1 saturated heterocycles. The van der Waals surface area contributed by atoms with Gasteiger partial charge in [-0.3, -0.25) is 0 Å². The summed E-state index contributed by atoms with van der Waals surface area (Å²) in [5.74, 6) is 4.07. The first-order chi connectivity index (χ1) is 14.8. The van der Waals surface area contributed by atoms with Crippen LogP contribution in [-0.2, 0) is 4.74 Å². The van der Waals surface area contributed by atoms with E-state index in [0.717, 1.165) is 29.6 Å². The largest absolute Gasteiger partial charge is 0.463 e. The van der Waals surface area contributed by atoms with E-state index in [1.807, 2.05) is 30.5 Å². The molecular formula is C22H24N6O2. The molecule has 1 aromatic carbocycles. The second-order valence-electron chi connectivity index (χ2n) is 6.68. The molecule has 0 radical (unpaired) electrons. The van der Waals surface area contributed by atoms with Crippen LogP contribution in [0.2, 0.25) is 0 Å². The number of fused-ring (bicyclic) bond motifs is 1. The van der Waals surface area contributed by atoms with Crippen molar-refractivity contribution in [2.75, 3.05) is 44.9 Å². The van der Waals surface area contributed by atoms with Gasteiger partial charge in [0.05, 0.1) is 19.8 Å². The van der Waals surface area contributed by atoms with Gasteiger partial charge in [0.1, 0.15) is 0 Å². The Bertz CT molecular complexity index is 1080. The second-order valence-corrected chi connectivity index (χ2v) is 6.68. The second kappa shape index (κ2) is 9.76. The number of hydrogen-bond donors (Lipinski definition) is 2. The monoisotopic (exact) mass is 404 g/mol. The van der Waals surface area contributed by atoms with E-state index < -0.39 is 0 Å². The molecule has 2 N–H and O–H groups in total. The van der Waals surface area contributed by atoms with Gasteiger partial charge >= 0.3 is 6.01 Å². The zero-order valence-corrected chi connectivity index (χ0v) is 16.9. The summed E-state index contributed by atoms with van der Waals surface area (Å²) < 4.78 is 11.3. The van der Waals surface area contributed by atoms with Crippen LogP contribution in [0.5, 0.6) is 6.01 Å². The third kappa shape index (κ3) is 4.88. The summed E-state index contributed by atoms with van der Waals surface area (Å²) in [5, 5.41) is 3.91. The Morgan fingerprint density at radius 2 is 2.13 bits per heavy atom. The molecule has 3 heterocycles. The summed E-state index contributed by atoms with van der Waals surface area (Å²) >= 11 is 0. The number of nitrogens with one attached hydrogen (secondary N) is 2. The van der Waals surface area contributed by atoms with E-state index in [2.05, 4.69) is 43.2 Å². The number of benzene rings is 1. The van der Waals surface area contributed by atoms with Crippen molar-refractivity contribution in [3.63, 3.8) is 0 Å². The first kappa shape index (κ1) is 19.7. The van der Waals surface area contributed by atoms with Crippen molar-refractivity contribution in [2.24, 2.45) is 0 Å². The SMILES string of the molecule is CNC#C/C=C\CCOc1nc(-c2ccc3cc[nH]c3c2)nc(N2CCOCC2)n1. The van der Waals surface area contributed by atoms with E-state index >= 15 is 0 Å². The number of allylic oxidation sites excluding steroid dienone is 1. The third-order valence-corrected chi connectivity index (χ3v) is 4.62. The molecular weight excluding hydrogens is 380 g/mol. The topological polar surface area (TPSA) is 88.2 Å². The van der Waals surface area contributed by atoms with Gasteiger partial charge in [0.25, 0.3) is 0 Å². The first-order valence-electron chi connectivity index (χ1n) is 9.95. The van der Waals surface area contributed by atoms with Gasteiger partial charge < -0.3 is 24.7 Å². The van der Waals surface area contributed by atoms with Gasteiger partial charge in [-0.05, 0) is 23.6 Å². The Kier molecular flexibility index (Phi) is 6.42. The van der Waals surface area contributed by atoms with Crippen LogP contribution in [0.1, 0.15) is 6.42 Å². The Morgan fingerprint density at radius 1 is 1.23 bits per heavy atom. The zero-order chi connectivity index (χ0) is 20.6. The number of nitrogens with zero attached hydrogens (tertiary/aromatic N) is 4. The lowest BCUT2D eigenvalue weighted by Gasteiger charge is -2.27. The molecule has 0 spiro atoms. The van der Waals surface area contributed by atoms with Crippen LogP contribution in [-0.4, -0.2) is 59.9 Å². The number of ether oxygens (including phenoxy) is 2. The van der Waals surface area contributed by atoms with Gasteiger partial charge in [-0.15, -0.1) is 0 Å². The molecule has 1 aliphatic rings. The van der Waals surface area contributed by atoms with Crippen molar-refractivity contribution >= 4 is 16.9 Å². The minimum atomic E-state index is 0.322. The van der Waals surface area contributed by atoms with E-state index in [9.17, 15) is 0 Å². The van der Waals surface area contributed by atoms with E-state index in [1.54, 1.807) is 13.1 Å². The summed E-state index contributed by atoms with van der Waals surface area (Å²) in [4.78, 5) is 19.1. The third-order valence-electron chi connectivity index (χ3n) is 4.62. The van der Waals surface area contributed by atoms with Gasteiger partial charge in [0.15, 0.2) is 5.82 Å². The van der Waals surface area contributed by atoms with Crippen LogP contribution in [0.15, 0.2) is 42.6 Å². The highest BCUT2D eigenvalue weighted by atomic mass is 16.5. The zero-order valence-electron chi connectivity index (χ0n) is 16.9.